The van der Waals surface area contributed by atoms with Crippen LogP contribution in [-0.4, -0.2) is 35.3 Å². The van der Waals surface area contributed by atoms with Crippen LogP contribution in [0.5, 0.6) is 0 Å². The lowest BCUT2D eigenvalue weighted by atomic mass is 10.1. The smallest absolute Gasteiger partial charge is 0.129 e. The van der Waals surface area contributed by atoms with Crippen LogP contribution in [-0.2, 0) is 17.9 Å². The zero-order chi connectivity index (χ0) is 17.4. The largest absolute Gasteiger partial charge is 0.467 e. The van der Waals surface area contributed by atoms with Gasteiger partial charge in [-0.15, -0.1) is 0 Å². The highest BCUT2D eigenvalue weighted by atomic mass is 16.5. The van der Waals surface area contributed by atoms with Crippen molar-refractivity contribution in [2.24, 2.45) is 0 Å². The van der Waals surface area contributed by atoms with Gasteiger partial charge >= 0.3 is 0 Å². The number of nitrogens with zero attached hydrogens (tertiary/aromatic N) is 1. The molecule has 0 bridgehead atoms. The molecule has 132 valence electrons. The van der Waals surface area contributed by atoms with Gasteiger partial charge in [-0.3, -0.25) is 4.90 Å². The maximum atomic E-state index is 10.3. The average molecular weight is 331 g/mol. The zero-order valence-corrected chi connectivity index (χ0v) is 14.9. The van der Waals surface area contributed by atoms with E-state index in [2.05, 4.69) is 49.9 Å². The Morgan fingerprint density at radius 1 is 1.21 bits per heavy atom. The number of hydrogen-bond acceptors (Lipinski definition) is 4. The molecular formula is C20H29NO3. The van der Waals surface area contributed by atoms with Gasteiger partial charge in [-0.05, 0) is 38.0 Å². The zero-order valence-electron chi connectivity index (χ0n) is 14.9. The fraction of sp³-hybridized carbons (Fsp3) is 0.500. The van der Waals surface area contributed by atoms with E-state index in [0.29, 0.717) is 25.8 Å². The molecule has 0 saturated heterocycles. The van der Waals surface area contributed by atoms with E-state index in [1.54, 1.807) is 6.26 Å². The molecule has 1 aromatic carbocycles. The predicted molar refractivity (Wildman–Crippen MR) is 95.7 cm³/mol. The molecule has 4 nitrogen and oxygen atoms in total. The van der Waals surface area contributed by atoms with Crippen molar-refractivity contribution in [3.8, 4) is 0 Å². The number of hydrogen-bond donors (Lipinski definition) is 1. The molecule has 0 radical (unpaired) electrons. The number of furan rings is 1. The van der Waals surface area contributed by atoms with Gasteiger partial charge in [0, 0.05) is 19.1 Å². The molecule has 4 heteroatoms. The standard InChI is InChI=1S/C20H29NO3/c1-4-17(3)21(12-18-9-7-16(2)8-10-18)13-19(22)14-23-15-20-6-5-11-24-20/h5-11,17,19,22H,4,12-15H2,1-3H3/t17-,19+/m0/s1. The first-order valence-electron chi connectivity index (χ1n) is 8.66. The van der Waals surface area contributed by atoms with Gasteiger partial charge in [0.05, 0.1) is 19.0 Å². The first kappa shape index (κ1) is 18.7. The van der Waals surface area contributed by atoms with Crippen molar-refractivity contribution in [3.63, 3.8) is 0 Å². The lowest BCUT2D eigenvalue weighted by Crippen LogP contribution is -2.39. The van der Waals surface area contributed by atoms with E-state index in [0.717, 1.165) is 18.7 Å². The number of aliphatic hydroxyl groups excluding tert-OH is 1. The van der Waals surface area contributed by atoms with Gasteiger partial charge in [-0.2, -0.15) is 0 Å². The molecule has 0 unspecified atom stereocenters. The summed E-state index contributed by atoms with van der Waals surface area (Å²) >= 11 is 0. The van der Waals surface area contributed by atoms with Crippen LogP contribution < -0.4 is 0 Å². The molecule has 0 fully saturated rings. The summed E-state index contributed by atoms with van der Waals surface area (Å²) in [6.45, 7) is 8.60. The fourth-order valence-electron chi connectivity index (χ4n) is 2.60. The van der Waals surface area contributed by atoms with Crippen LogP contribution in [0.25, 0.3) is 0 Å². The van der Waals surface area contributed by atoms with E-state index in [1.807, 2.05) is 12.1 Å². The molecule has 1 N–H and O–H groups in total. The third-order valence-electron chi connectivity index (χ3n) is 4.30. The molecule has 0 aliphatic carbocycles. The van der Waals surface area contributed by atoms with E-state index < -0.39 is 6.10 Å². The number of rotatable bonds is 10. The van der Waals surface area contributed by atoms with Gasteiger partial charge < -0.3 is 14.3 Å². The normalized spacial score (nSPS) is 14.0. The van der Waals surface area contributed by atoms with Crippen LogP contribution in [0.1, 0.15) is 37.2 Å². The summed E-state index contributed by atoms with van der Waals surface area (Å²) < 4.78 is 10.8. The number of ether oxygens (including phenoxy) is 1. The molecule has 2 aromatic rings. The molecule has 0 amide bonds. The van der Waals surface area contributed by atoms with Crippen molar-refractivity contribution in [2.75, 3.05) is 13.2 Å². The lowest BCUT2D eigenvalue weighted by molar-refractivity contribution is -0.00271. The van der Waals surface area contributed by atoms with Crippen molar-refractivity contribution in [1.82, 2.24) is 4.90 Å². The minimum Gasteiger partial charge on any atom is -0.467 e. The van der Waals surface area contributed by atoms with Gasteiger partial charge in [0.15, 0.2) is 0 Å². The van der Waals surface area contributed by atoms with Gasteiger partial charge in [-0.25, -0.2) is 0 Å². The summed E-state index contributed by atoms with van der Waals surface area (Å²) in [5.41, 5.74) is 2.53. The fourth-order valence-corrected chi connectivity index (χ4v) is 2.60. The van der Waals surface area contributed by atoms with E-state index in [9.17, 15) is 5.11 Å². The number of aryl methyl sites for hydroxylation is 1. The Hall–Kier alpha value is -1.62. The third-order valence-corrected chi connectivity index (χ3v) is 4.30. The molecule has 0 spiro atoms. The second kappa shape index (κ2) is 9.62. The van der Waals surface area contributed by atoms with Gasteiger partial charge in [-0.1, -0.05) is 36.8 Å². The Morgan fingerprint density at radius 2 is 1.96 bits per heavy atom. The molecule has 0 aliphatic heterocycles. The Kier molecular flexibility index (Phi) is 7.50. The first-order chi connectivity index (χ1) is 11.6. The van der Waals surface area contributed by atoms with Crippen LogP contribution in [0.15, 0.2) is 47.1 Å². The van der Waals surface area contributed by atoms with E-state index in [4.69, 9.17) is 9.15 Å². The van der Waals surface area contributed by atoms with Crippen LogP contribution in [0.4, 0.5) is 0 Å². The molecule has 2 rings (SSSR count). The summed E-state index contributed by atoms with van der Waals surface area (Å²) in [6.07, 6.45) is 2.16. The summed E-state index contributed by atoms with van der Waals surface area (Å²) in [6, 6.07) is 12.7. The molecular weight excluding hydrogens is 302 g/mol. The number of benzene rings is 1. The van der Waals surface area contributed by atoms with Crippen LogP contribution >= 0.6 is 0 Å². The maximum Gasteiger partial charge on any atom is 0.129 e. The Morgan fingerprint density at radius 3 is 2.58 bits per heavy atom. The summed E-state index contributed by atoms with van der Waals surface area (Å²) in [5, 5.41) is 10.3. The molecule has 2 atom stereocenters. The van der Waals surface area contributed by atoms with Crippen LogP contribution in [0.3, 0.4) is 0 Å². The van der Waals surface area contributed by atoms with Crippen molar-refractivity contribution in [1.29, 1.82) is 0 Å². The molecule has 0 saturated carbocycles. The van der Waals surface area contributed by atoms with E-state index in [1.165, 1.54) is 11.1 Å². The molecule has 24 heavy (non-hydrogen) atoms. The second-order valence-electron chi connectivity index (χ2n) is 6.42. The Labute approximate surface area is 145 Å². The highest BCUT2D eigenvalue weighted by Crippen LogP contribution is 2.13. The molecule has 0 aliphatic rings. The third kappa shape index (κ3) is 6.11. The molecule has 1 aromatic heterocycles. The highest BCUT2D eigenvalue weighted by molar-refractivity contribution is 5.21. The van der Waals surface area contributed by atoms with E-state index >= 15 is 0 Å². The summed E-state index contributed by atoms with van der Waals surface area (Å²) in [7, 11) is 0. The maximum absolute atomic E-state index is 10.3. The predicted octanol–water partition coefficient (Wildman–Crippen LogP) is 3.77. The Bertz CT molecular complexity index is 565. The van der Waals surface area contributed by atoms with Crippen LogP contribution in [0, 0.1) is 6.92 Å². The Balaban J connectivity index is 1.84. The highest BCUT2D eigenvalue weighted by Gasteiger charge is 2.17. The van der Waals surface area contributed by atoms with Gasteiger partial charge in [0.25, 0.3) is 0 Å². The topological polar surface area (TPSA) is 45.8 Å². The van der Waals surface area contributed by atoms with Crippen molar-refractivity contribution in [2.45, 2.75) is 52.5 Å². The van der Waals surface area contributed by atoms with Crippen molar-refractivity contribution < 1.29 is 14.3 Å². The first-order valence-corrected chi connectivity index (χ1v) is 8.66. The van der Waals surface area contributed by atoms with Gasteiger partial charge in [0.1, 0.15) is 12.4 Å². The molecule has 1 heterocycles. The summed E-state index contributed by atoms with van der Waals surface area (Å²) in [4.78, 5) is 2.31. The number of aliphatic hydroxyl groups is 1. The van der Waals surface area contributed by atoms with Crippen molar-refractivity contribution >= 4 is 0 Å². The summed E-state index contributed by atoms with van der Waals surface area (Å²) in [5.74, 6) is 0.778. The van der Waals surface area contributed by atoms with Crippen LogP contribution in [0.2, 0.25) is 0 Å². The van der Waals surface area contributed by atoms with Gasteiger partial charge in [0.2, 0.25) is 0 Å². The average Bonchev–Trinajstić information content (AvgIpc) is 3.09. The van der Waals surface area contributed by atoms with E-state index in [-0.39, 0.29) is 0 Å². The quantitative estimate of drug-likeness (QED) is 0.720. The monoisotopic (exact) mass is 331 g/mol. The minimum absolute atomic E-state index is 0.307. The van der Waals surface area contributed by atoms with Crippen molar-refractivity contribution in [3.05, 3.63) is 59.5 Å². The SMILES string of the molecule is CC[C@H](C)N(Cc1ccc(C)cc1)C[C@@H](O)COCc1ccco1. The lowest BCUT2D eigenvalue weighted by Gasteiger charge is -2.30. The second-order valence-corrected chi connectivity index (χ2v) is 6.42. The minimum atomic E-state index is -0.514.